The molecule has 2 aliphatic carbocycles. The molecule has 1 saturated carbocycles. The molecule has 0 radical (unpaired) electrons. The van der Waals surface area contributed by atoms with Gasteiger partial charge < -0.3 is 0 Å². The predicted molar refractivity (Wildman–Crippen MR) is 127 cm³/mol. The molecule has 1 fully saturated rings. The predicted octanol–water partition coefficient (Wildman–Crippen LogP) is 9.62. The van der Waals surface area contributed by atoms with Gasteiger partial charge in [-0.1, -0.05) is 63.7 Å². The Kier molecular flexibility index (Phi) is 8.10. The fraction of sp³-hybridized carbons (Fsp3) is 0.517. The van der Waals surface area contributed by atoms with Gasteiger partial charge in [-0.15, -0.1) is 0 Å². The minimum atomic E-state index is -1.63. The summed E-state index contributed by atoms with van der Waals surface area (Å²) in [5.74, 6) is -4.52. The Morgan fingerprint density at radius 1 is 0.735 bits per heavy atom. The fourth-order valence-corrected chi connectivity index (χ4v) is 5.89. The summed E-state index contributed by atoms with van der Waals surface area (Å²) < 4.78 is 70.2. The van der Waals surface area contributed by atoms with Crippen LogP contribution in [0.4, 0.5) is 22.0 Å². The van der Waals surface area contributed by atoms with Crippen molar-refractivity contribution >= 4 is 5.57 Å². The first-order valence-corrected chi connectivity index (χ1v) is 12.7. The third-order valence-electron chi connectivity index (χ3n) is 7.95. The molecule has 0 bridgehead atoms. The smallest absolute Gasteiger partial charge is 0.194 e. The van der Waals surface area contributed by atoms with Gasteiger partial charge in [0.05, 0.1) is 0 Å². The lowest BCUT2D eigenvalue weighted by molar-refractivity contribution is 0.187. The SMILES string of the molecule is CCCCCC1CCC(C2CC=C(c3ccc(-c4cc(F)c(F)c(F)c4)c(F)c3F)CC2)CC1. The topological polar surface area (TPSA) is 0 Å². The van der Waals surface area contributed by atoms with E-state index in [0.717, 1.165) is 24.3 Å². The van der Waals surface area contributed by atoms with E-state index in [2.05, 4.69) is 6.92 Å². The van der Waals surface area contributed by atoms with E-state index in [1.165, 1.54) is 63.5 Å². The van der Waals surface area contributed by atoms with Gasteiger partial charge in [-0.25, -0.2) is 22.0 Å². The summed E-state index contributed by atoms with van der Waals surface area (Å²) in [4.78, 5) is 0. The second kappa shape index (κ2) is 11.0. The lowest BCUT2D eigenvalue weighted by atomic mass is 9.70. The summed E-state index contributed by atoms with van der Waals surface area (Å²) in [6.45, 7) is 2.24. The molecule has 0 nitrogen and oxygen atoms in total. The largest absolute Gasteiger partial charge is 0.204 e. The van der Waals surface area contributed by atoms with Crippen LogP contribution < -0.4 is 0 Å². The monoisotopic (exact) mass is 476 g/mol. The number of hydrogen-bond acceptors (Lipinski definition) is 0. The van der Waals surface area contributed by atoms with Crippen LogP contribution in [0.2, 0.25) is 0 Å². The molecule has 2 aliphatic rings. The number of allylic oxidation sites excluding steroid dienone is 2. The quantitative estimate of drug-likeness (QED) is 0.212. The molecule has 0 saturated heterocycles. The third-order valence-corrected chi connectivity index (χ3v) is 7.95. The summed E-state index contributed by atoms with van der Waals surface area (Å²) >= 11 is 0. The fourth-order valence-electron chi connectivity index (χ4n) is 5.89. The van der Waals surface area contributed by atoms with E-state index in [0.29, 0.717) is 30.4 Å². The molecular formula is C29H33F5. The van der Waals surface area contributed by atoms with Crippen molar-refractivity contribution in [3.8, 4) is 11.1 Å². The standard InChI is InChI=1S/C29H33F5/c1-2-3-4-5-18-6-8-19(9-7-18)20-10-12-21(13-11-20)23-14-15-24(28(33)27(23)32)22-16-25(30)29(34)26(31)17-22/h12,14-20H,2-11,13H2,1H3. The van der Waals surface area contributed by atoms with E-state index in [1.807, 2.05) is 6.08 Å². The summed E-state index contributed by atoms with van der Waals surface area (Å²) in [6.07, 6.45) is 15.0. The molecule has 1 atom stereocenters. The number of benzene rings is 2. The molecule has 184 valence electrons. The van der Waals surface area contributed by atoms with Gasteiger partial charge in [0.1, 0.15) is 0 Å². The highest BCUT2D eigenvalue weighted by atomic mass is 19.2. The van der Waals surface area contributed by atoms with E-state index >= 15 is 0 Å². The Morgan fingerprint density at radius 2 is 1.38 bits per heavy atom. The third kappa shape index (κ3) is 5.39. The van der Waals surface area contributed by atoms with Crippen LogP contribution in [0.15, 0.2) is 30.3 Å². The first-order chi connectivity index (χ1) is 16.4. The van der Waals surface area contributed by atoms with E-state index < -0.39 is 29.1 Å². The van der Waals surface area contributed by atoms with Crippen molar-refractivity contribution in [2.75, 3.05) is 0 Å². The van der Waals surface area contributed by atoms with Crippen LogP contribution in [0.1, 0.15) is 83.1 Å². The molecular weight excluding hydrogens is 443 g/mol. The number of hydrogen-bond donors (Lipinski definition) is 0. The summed E-state index contributed by atoms with van der Waals surface area (Å²) in [5.41, 5.74) is 0.456. The molecule has 2 aromatic carbocycles. The average Bonchev–Trinajstić information content (AvgIpc) is 2.85. The highest BCUT2D eigenvalue weighted by molar-refractivity contribution is 5.72. The second-order valence-corrected chi connectivity index (χ2v) is 10.1. The van der Waals surface area contributed by atoms with Crippen molar-refractivity contribution in [3.63, 3.8) is 0 Å². The molecule has 0 amide bonds. The Balaban J connectivity index is 1.42. The van der Waals surface area contributed by atoms with Gasteiger partial charge in [0.15, 0.2) is 29.1 Å². The van der Waals surface area contributed by atoms with Gasteiger partial charge in [0.25, 0.3) is 0 Å². The Bertz CT molecular complexity index is 1010. The zero-order valence-electron chi connectivity index (χ0n) is 19.8. The van der Waals surface area contributed by atoms with Crippen LogP contribution in [-0.4, -0.2) is 0 Å². The van der Waals surface area contributed by atoms with Crippen molar-refractivity contribution in [3.05, 3.63) is 65.0 Å². The molecule has 34 heavy (non-hydrogen) atoms. The Labute approximate surface area is 199 Å². The van der Waals surface area contributed by atoms with Crippen LogP contribution in [0, 0.1) is 46.8 Å². The van der Waals surface area contributed by atoms with E-state index in [-0.39, 0.29) is 16.7 Å². The lowest BCUT2D eigenvalue weighted by Crippen LogP contribution is -2.23. The van der Waals surface area contributed by atoms with Gasteiger partial charge in [-0.2, -0.15) is 0 Å². The van der Waals surface area contributed by atoms with Gasteiger partial charge in [0.2, 0.25) is 0 Å². The molecule has 0 aromatic heterocycles. The molecule has 0 spiro atoms. The minimum absolute atomic E-state index is 0.197. The van der Waals surface area contributed by atoms with Crippen LogP contribution in [0.3, 0.4) is 0 Å². The van der Waals surface area contributed by atoms with Gasteiger partial charge >= 0.3 is 0 Å². The Morgan fingerprint density at radius 3 is 2.00 bits per heavy atom. The molecule has 0 aliphatic heterocycles. The van der Waals surface area contributed by atoms with Crippen molar-refractivity contribution in [2.24, 2.45) is 17.8 Å². The van der Waals surface area contributed by atoms with Crippen molar-refractivity contribution in [1.29, 1.82) is 0 Å². The van der Waals surface area contributed by atoms with Crippen LogP contribution in [0.25, 0.3) is 16.7 Å². The number of rotatable bonds is 7. The van der Waals surface area contributed by atoms with Crippen LogP contribution >= 0.6 is 0 Å². The summed E-state index contributed by atoms with van der Waals surface area (Å²) in [7, 11) is 0. The van der Waals surface area contributed by atoms with E-state index in [9.17, 15) is 22.0 Å². The number of halogens is 5. The van der Waals surface area contributed by atoms with Crippen LogP contribution in [-0.2, 0) is 0 Å². The summed E-state index contributed by atoms with van der Waals surface area (Å²) in [6, 6.07) is 4.13. The molecule has 2 aromatic rings. The maximum atomic E-state index is 15.0. The van der Waals surface area contributed by atoms with Gasteiger partial charge in [0, 0.05) is 11.1 Å². The van der Waals surface area contributed by atoms with Gasteiger partial charge in [-0.05, 0) is 73.1 Å². The zero-order chi connectivity index (χ0) is 24.2. The van der Waals surface area contributed by atoms with Crippen molar-refractivity contribution < 1.29 is 22.0 Å². The van der Waals surface area contributed by atoms with E-state index in [4.69, 9.17) is 0 Å². The normalized spacial score (nSPS) is 23.1. The highest BCUT2D eigenvalue weighted by Crippen LogP contribution is 2.43. The lowest BCUT2D eigenvalue weighted by Gasteiger charge is -2.35. The maximum Gasteiger partial charge on any atom is 0.194 e. The zero-order valence-corrected chi connectivity index (χ0v) is 19.8. The first kappa shape index (κ1) is 24.9. The Hall–Kier alpha value is -2.17. The molecule has 4 rings (SSSR count). The second-order valence-electron chi connectivity index (χ2n) is 10.1. The molecule has 0 N–H and O–H groups in total. The van der Waals surface area contributed by atoms with Gasteiger partial charge in [-0.3, -0.25) is 0 Å². The summed E-state index contributed by atoms with van der Waals surface area (Å²) in [5, 5.41) is 0. The highest BCUT2D eigenvalue weighted by Gasteiger charge is 2.29. The number of unbranched alkanes of at least 4 members (excludes halogenated alkanes) is 2. The van der Waals surface area contributed by atoms with E-state index in [1.54, 1.807) is 0 Å². The molecule has 0 heterocycles. The minimum Gasteiger partial charge on any atom is -0.204 e. The molecule has 5 heteroatoms. The molecule has 1 unspecified atom stereocenters. The van der Waals surface area contributed by atoms with Crippen molar-refractivity contribution in [1.82, 2.24) is 0 Å². The maximum absolute atomic E-state index is 15.0. The average molecular weight is 477 g/mol. The first-order valence-electron chi connectivity index (χ1n) is 12.7. The van der Waals surface area contributed by atoms with Crippen molar-refractivity contribution in [2.45, 2.75) is 77.6 Å². The van der Waals surface area contributed by atoms with Crippen LogP contribution in [0.5, 0.6) is 0 Å².